The average Bonchev–Trinajstić information content (AvgIpc) is 3.18. The zero-order valence-corrected chi connectivity index (χ0v) is 31.2. The molecule has 0 heterocycles. The molecule has 0 spiro atoms. The fourth-order valence-corrected chi connectivity index (χ4v) is 5.55. The van der Waals surface area contributed by atoms with E-state index in [2.05, 4.69) is 198 Å². The maximum atomic E-state index is 2.20. The largest absolute Gasteiger partial charge is 0.0683 e. The first kappa shape index (κ1) is 37.4. The van der Waals surface area contributed by atoms with E-state index >= 15 is 0 Å². The summed E-state index contributed by atoms with van der Waals surface area (Å²) in [6, 6.07) is 61.1. The second kappa shape index (κ2) is 18.9. The first-order chi connectivity index (χ1) is 24.4. The van der Waals surface area contributed by atoms with Gasteiger partial charge in [0.2, 0.25) is 0 Å². The summed E-state index contributed by atoms with van der Waals surface area (Å²) in [6.45, 7) is 16.5. The van der Waals surface area contributed by atoms with Crippen molar-refractivity contribution in [1.82, 2.24) is 0 Å². The number of aryl methyl sites for hydroxylation is 4. The Morgan fingerprint density at radius 1 is 0.160 bits per heavy atom. The van der Waals surface area contributed by atoms with Crippen LogP contribution in [0.15, 0.2) is 170 Å². The molecule has 0 fully saturated rings. The van der Waals surface area contributed by atoms with Crippen molar-refractivity contribution in [2.75, 3.05) is 0 Å². The van der Waals surface area contributed by atoms with Crippen LogP contribution in [0, 0.1) is 27.7 Å². The molecule has 0 aliphatic rings. The van der Waals surface area contributed by atoms with Gasteiger partial charge >= 0.3 is 0 Å². The molecule has 0 nitrogen and oxygen atoms in total. The van der Waals surface area contributed by atoms with Crippen LogP contribution in [0.5, 0.6) is 0 Å². The second-order valence-corrected chi connectivity index (χ2v) is 12.2. The van der Waals surface area contributed by atoms with Gasteiger partial charge in [0.25, 0.3) is 0 Å². The molecular weight excluding hydrogens is 601 g/mol. The minimum atomic E-state index is 1.25. The van der Waals surface area contributed by atoms with Crippen LogP contribution in [0.1, 0.15) is 49.9 Å². The molecule has 0 saturated heterocycles. The Labute approximate surface area is 302 Å². The molecule has 0 N–H and O–H groups in total. The van der Waals surface area contributed by atoms with Crippen LogP contribution in [0.4, 0.5) is 0 Å². The van der Waals surface area contributed by atoms with Gasteiger partial charge in [-0.1, -0.05) is 220 Å². The number of rotatable bonds is 5. The zero-order chi connectivity index (χ0) is 35.9. The van der Waals surface area contributed by atoms with Crippen LogP contribution in [-0.2, 0) is 0 Å². The molecule has 0 unspecified atom stereocenters. The van der Waals surface area contributed by atoms with Gasteiger partial charge in [0.05, 0.1) is 0 Å². The predicted octanol–water partition coefficient (Wildman–Crippen LogP) is 15.0. The Kier molecular flexibility index (Phi) is 14.1. The third-order valence-corrected chi connectivity index (χ3v) is 8.53. The minimum absolute atomic E-state index is 1.25. The van der Waals surface area contributed by atoms with Crippen LogP contribution in [-0.4, -0.2) is 0 Å². The second-order valence-electron chi connectivity index (χ2n) is 12.2. The van der Waals surface area contributed by atoms with Crippen molar-refractivity contribution in [3.8, 4) is 55.6 Å². The minimum Gasteiger partial charge on any atom is -0.0683 e. The lowest BCUT2D eigenvalue weighted by molar-refractivity contribution is 1.46. The van der Waals surface area contributed by atoms with Gasteiger partial charge in [-0.15, -0.1) is 0 Å². The summed E-state index contributed by atoms with van der Waals surface area (Å²) in [5.41, 5.74) is 17.8. The molecule has 7 aromatic carbocycles. The Bertz CT molecular complexity index is 1820. The van der Waals surface area contributed by atoms with Crippen LogP contribution in [0.3, 0.4) is 0 Å². The van der Waals surface area contributed by atoms with Crippen molar-refractivity contribution in [3.63, 3.8) is 0 Å². The van der Waals surface area contributed by atoms with E-state index in [1.165, 1.54) is 77.9 Å². The molecule has 0 aromatic heterocycles. The van der Waals surface area contributed by atoms with Gasteiger partial charge in [-0.05, 0) is 83.3 Å². The topological polar surface area (TPSA) is 0 Å². The summed E-state index contributed by atoms with van der Waals surface area (Å²) in [7, 11) is 0. The summed E-state index contributed by atoms with van der Waals surface area (Å²) in [4.78, 5) is 0. The van der Waals surface area contributed by atoms with Crippen LogP contribution >= 0.6 is 0 Å². The van der Waals surface area contributed by atoms with Crippen molar-refractivity contribution in [2.45, 2.75) is 55.4 Å². The SMILES string of the molecule is CC.CC.Cc1ccc(-c2ccc(-c3ccc(-c4ccc(C)cc4)cc3)cc2)cc1.Cc1ccc(-c2ccc(-c3ccc(C)cc3)cc2)cc1. The van der Waals surface area contributed by atoms with Crippen molar-refractivity contribution in [2.24, 2.45) is 0 Å². The number of hydrogen-bond donors (Lipinski definition) is 0. The highest BCUT2D eigenvalue weighted by atomic mass is 14.1. The van der Waals surface area contributed by atoms with E-state index in [1.54, 1.807) is 0 Å². The molecule has 0 atom stereocenters. The quantitative estimate of drug-likeness (QED) is 0.174. The highest BCUT2D eigenvalue weighted by Crippen LogP contribution is 2.28. The van der Waals surface area contributed by atoms with Gasteiger partial charge in [-0.2, -0.15) is 0 Å². The Morgan fingerprint density at radius 3 is 0.340 bits per heavy atom. The smallest absolute Gasteiger partial charge is 0.0184 e. The maximum Gasteiger partial charge on any atom is -0.0184 e. The number of benzene rings is 7. The maximum absolute atomic E-state index is 2.20. The summed E-state index contributed by atoms with van der Waals surface area (Å²) < 4.78 is 0. The zero-order valence-electron chi connectivity index (χ0n) is 31.2. The average molecular weight is 653 g/mol. The molecule has 50 heavy (non-hydrogen) atoms. The van der Waals surface area contributed by atoms with E-state index in [9.17, 15) is 0 Å². The Morgan fingerprint density at radius 2 is 0.240 bits per heavy atom. The highest BCUT2D eigenvalue weighted by Gasteiger charge is 2.03. The third kappa shape index (κ3) is 10.3. The van der Waals surface area contributed by atoms with Crippen LogP contribution in [0.25, 0.3) is 55.6 Å². The normalized spacial score (nSPS) is 10.0. The summed E-state index contributed by atoms with van der Waals surface area (Å²) in [5.74, 6) is 0. The Balaban J connectivity index is 0.000000210. The molecular formula is C50H52. The van der Waals surface area contributed by atoms with Crippen molar-refractivity contribution < 1.29 is 0 Å². The highest BCUT2D eigenvalue weighted by molar-refractivity contribution is 5.74. The molecule has 0 aliphatic heterocycles. The third-order valence-electron chi connectivity index (χ3n) is 8.53. The fourth-order valence-electron chi connectivity index (χ4n) is 5.55. The van der Waals surface area contributed by atoms with Crippen molar-refractivity contribution >= 4 is 0 Å². The van der Waals surface area contributed by atoms with E-state index < -0.39 is 0 Å². The summed E-state index contributed by atoms with van der Waals surface area (Å²) in [5, 5.41) is 0. The lowest BCUT2D eigenvalue weighted by Gasteiger charge is -2.07. The van der Waals surface area contributed by atoms with E-state index in [1.807, 2.05) is 27.7 Å². The van der Waals surface area contributed by atoms with Gasteiger partial charge in [0, 0.05) is 0 Å². The van der Waals surface area contributed by atoms with Gasteiger partial charge in [0.1, 0.15) is 0 Å². The molecule has 252 valence electrons. The lowest BCUT2D eigenvalue weighted by Crippen LogP contribution is -1.82. The molecule has 0 radical (unpaired) electrons. The lowest BCUT2D eigenvalue weighted by atomic mass is 9.97. The van der Waals surface area contributed by atoms with Gasteiger partial charge < -0.3 is 0 Å². The van der Waals surface area contributed by atoms with Crippen LogP contribution < -0.4 is 0 Å². The molecule has 7 rings (SSSR count). The predicted molar refractivity (Wildman–Crippen MR) is 222 cm³/mol. The molecule has 0 aliphatic carbocycles. The van der Waals surface area contributed by atoms with Crippen LogP contribution in [0.2, 0.25) is 0 Å². The summed E-state index contributed by atoms with van der Waals surface area (Å²) >= 11 is 0. The first-order valence-electron chi connectivity index (χ1n) is 18.0. The van der Waals surface area contributed by atoms with Crippen molar-refractivity contribution in [1.29, 1.82) is 0 Å². The van der Waals surface area contributed by atoms with Crippen molar-refractivity contribution in [3.05, 3.63) is 192 Å². The van der Waals surface area contributed by atoms with Gasteiger partial charge in [-0.25, -0.2) is 0 Å². The van der Waals surface area contributed by atoms with E-state index in [4.69, 9.17) is 0 Å². The standard InChI is InChI=1S/C26H22.C20H18.2C2H6/c1-19-3-7-21(8-4-19)23-11-15-25(16-12-23)26-17-13-24(14-18-26)22-9-5-20(2)6-10-22;1-15-3-7-17(8-4-15)19-11-13-20(14-12-19)18-9-5-16(2)6-10-18;2*1-2/h3-18H,1-2H3;3-14H,1-2H3;2*1-2H3. The molecule has 7 aromatic rings. The van der Waals surface area contributed by atoms with E-state index in [-0.39, 0.29) is 0 Å². The monoisotopic (exact) mass is 652 g/mol. The van der Waals surface area contributed by atoms with E-state index in [0.717, 1.165) is 0 Å². The van der Waals surface area contributed by atoms with Gasteiger partial charge in [-0.3, -0.25) is 0 Å². The molecule has 0 saturated carbocycles. The summed E-state index contributed by atoms with van der Waals surface area (Å²) in [6.07, 6.45) is 0. The molecule has 0 amide bonds. The molecule has 0 heteroatoms. The Hall–Kier alpha value is -5.46. The fraction of sp³-hybridized carbons (Fsp3) is 0.160. The number of hydrogen-bond acceptors (Lipinski definition) is 0. The van der Waals surface area contributed by atoms with Gasteiger partial charge in [0.15, 0.2) is 0 Å². The van der Waals surface area contributed by atoms with E-state index in [0.29, 0.717) is 0 Å². The first-order valence-corrected chi connectivity index (χ1v) is 18.0. The molecule has 0 bridgehead atoms.